The number of benzene rings is 2. The van der Waals surface area contributed by atoms with Crippen LogP contribution in [0.15, 0.2) is 54.6 Å². The van der Waals surface area contributed by atoms with Gasteiger partial charge in [0.1, 0.15) is 11.5 Å². The van der Waals surface area contributed by atoms with Crippen molar-refractivity contribution in [3.05, 3.63) is 71.5 Å². The van der Waals surface area contributed by atoms with E-state index in [0.29, 0.717) is 17.7 Å². The fourth-order valence-corrected chi connectivity index (χ4v) is 3.37. The summed E-state index contributed by atoms with van der Waals surface area (Å²) in [5.41, 5.74) is 4.11. The molecule has 0 unspecified atom stereocenters. The van der Waals surface area contributed by atoms with Gasteiger partial charge in [-0.15, -0.1) is 0 Å². The van der Waals surface area contributed by atoms with E-state index in [4.69, 9.17) is 22.1 Å². The van der Waals surface area contributed by atoms with Gasteiger partial charge in [0.05, 0.1) is 23.6 Å². The first-order chi connectivity index (χ1) is 13.6. The van der Waals surface area contributed by atoms with Crippen molar-refractivity contribution in [3.8, 4) is 11.5 Å². The van der Waals surface area contributed by atoms with Crippen LogP contribution in [-0.2, 0) is 6.54 Å². The molecule has 1 aliphatic rings. The molecule has 0 spiro atoms. The average molecular weight is 393 g/mol. The summed E-state index contributed by atoms with van der Waals surface area (Å²) in [6, 6.07) is 18.4. The second kappa shape index (κ2) is 8.02. The summed E-state index contributed by atoms with van der Waals surface area (Å²) in [6.45, 7) is 4.73. The zero-order chi connectivity index (χ0) is 19.5. The minimum atomic E-state index is 0.531. The monoisotopic (exact) mass is 392 g/mol. The van der Waals surface area contributed by atoms with Crippen molar-refractivity contribution in [2.45, 2.75) is 39.3 Å². The topological polar surface area (TPSA) is 51.1 Å². The van der Waals surface area contributed by atoms with Gasteiger partial charge in [0.25, 0.3) is 0 Å². The third-order valence-corrected chi connectivity index (χ3v) is 4.96. The smallest absolute Gasteiger partial charge is 0.171 e. The first kappa shape index (κ1) is 18.5. The lowest BCUT2D eigenvalue weighted by atomic mass is 10.2. The lowest BCUT2D eigenvalue weighted by Crippen LogP contribution is -2.30. The van der Waals surface area contributed by atoms with Crippen molar-refractivity contribution in [3.63, 3.8) is 0 Å². The van der Waals surface area contributed by atoms with Gasteiger partial charge in [0, 0.05) is 6.04 Å². The zero-order valence-electron chi connectivity index (χ0n) is 16.1. The molecule has 2 aromatic carbocycles. The number of nitrogens with zero attached hydrogens (tertiary/aromatic N) is 2. The molecule has 0 saturated heterocycles. The molecule has 5 nitrogen and oxygen atoms in total. The molecule has 2 N–H and O–H groups in total. The highest BCUT2D eigenvalue weighted by Gasteiger charge is 2.22. The summed E-state index contributed by atoms with van der Waals surface area (Å²) < 4.78 is 7.94. The molecule has 6 heteroatoms. The molecule has 3 aromatic rings. The minimum Gasteiger partial charge on any atom is -0.457 e. The van der Waals surface area contributed by atoms with Gasteiger partial charge in [-0.2, -0.15) is 5.10 Å². The third kappa shape index (κ3) is 4.51. The maximum absolute atomic E-state index is 5.94. The molecule has 0 radical (unpaired) electrons. The number of hydrogen-bond acceptors (Lipinski definition) is 3. The van der Waals surface area contributed by atoms with Gasteiger partial charge in [0.15, 0.2) is 5.11 Å². The van der Waals surface area contributed by atoms with Crippen molar-refractivity contribution in [2.24, 2.45) is 0 Å². The molecule has 1 aliphatic carbocycles. The standard InChI is InChI=1S/C22H24N4OS/c1-15-21(24-22(28)23-18-11-12-18)16(2)26(25-15)14-17-7-6-10-20(13-17)27-19-8-4-3-5-9-19/h3-10,13,18H,11-12,14H2,1-2H3,(H2,23,24,28). The van der Waals surface area contributed by atoms with Gasteiger partial charge in [0.2, 0.25) is 0 Å². The summed E-state index contributed by atoms with van der Waals surface area (Å²) >= 11 is 5.41. The van der Waals surface area contributed by atoms with Crippen molar-refractivity contribution >= 4 is 23.0 Å². The Labute approximate surface area is 170 Å². The predicted molar refractivity (Wildman–Crippen MR) is 116 cm³/mol. The number of hydrogen-bond donors (Lipinski definition) is 2. The van der Waals surface area contributed by atoms with Crippen LogP contribution in [0.1, 0.15) is 29.8 Å². The van der Waals surface area contributed by atoms with Gasteiger partial charge in [-0.3, -0.25) is 4.68 Å². The Kier molecular flexibility index (Phi) is 5.30. The quantitative estimate of drug-likeness (QED) is 0.591. The van der Waals surface area contributed by atoms with Crippen LogP contribution in [-0.4, -0.2) is 20.9 Å². The average Bonchev–Trinajstić information content (AvgIpc) is 3.45. The number of anilines is 1. The molecule has 144 valence electrons. The van der Waals surface area contributed by atoms with Crippen molar-refractivity contribution < 1.29 is 4.74 Å². The number of aryl methyl sites for hydroxylation is 1. The molecule has 1 fully saturated rings. The van der Waals surface area contributed by atoms with Gasteiger partial charge in [-0.25, -0.2) is 0 Å². The van der Waals surface area contributed by atoms with E-state index in [1.54, 1.807) is 0 Å². The highest BCUT2D eigenvalue weighted by molar-refractivity contribution is 7.80. The van der Waals surface area contributed by atoms with E-state index in [1.165, 1.54) is 12.8 Å². The van der Waals surface area contributed by atoms with Crippen LogP contribution in [0.3, 0.4) is 0 Å². The number of nitrogens with one attached hydrogen (secondary N) is 2. The predicted octanol–water partition coefficient (Wildman–Crippen LogP) is 4.79. The van der Waals surface area contributed by atoms with E-state index in [9.17, 15) is 0 Å². The van der Waals surface area contributed by atoms with Crippen LogP contribution in [0, 0.1) is 13.8 Å². The first-order valence-electron chi connectivity index (χ1n) is 9.52. The first-order valence-corrected chi connectivity index (χ1v) is 9.92. The summed E-state index contributed by atoms with van der Waals surface area (Å²) in [7, 11) is 0. The molecule has 0 aliphatic heterocycles. The van der Waals surface area contributed by atoms with E-state index < -0.39 is 0 Å². The van der Waals surface area contributed by atoms with E-state index in [2.05, 4.69) is 29.7 Å². The number of aromatic nitrogens is 2. The minimum absolute atomic E-state index is 0.531. The van der Waals surface area contributed by atoms with Crippen LogP contribution in [0.2, 0.25) is 0 Å². The number of ether oxygens (including phenoxy) is 1. The van der Waals surface area contributed by atoms with Crippen LogP contribution >= 0.6 is 12.2 Å². The summed E-state index contributed by atoms with van der Waals surface area (Å²) in [5.74, 6) is 1.65. The third-order valence-electron chi connectivity index (χ3n) is 4.74. The number of thiocarbonyl (C=S) groups is 1. The fourth-order valence-electron chi connectivity index (χ4n) is 3.10. The molecular weight excluding hydrogens is 368 g/mol. The maximum Gasteiger partial charge on any atom is 0.171 e. The molecule has 0 amide bonds. The Bertz CT molecular complexity index is 979. The zero-order valence-corrected chi connectivity index (χ0v) is 16.9. The van der Waals surface area contributed by atoms with Gasteiger partial charge in [-0.05, 0) is 68.7 Å². The molecule has 1 aromatic heterocycles. The van der Waals surface area contributed by atoms with Crippen LogP contribution in [0.4, 0.5) is 5.69 Å². The lowest BCUT2D eigenvalue weighted by molar-refractivity contribution is 0.481. The Hall–Kier alpha value is -2.86. The van der Waals surface area contributed by atoms with Crippen molar-refractivity contribution in [1.82, 2.24) is 15.1 Å². The largest absolute Gasteiger partial charge is 0.457 e. The Balaban J connectivity index is 1.47. The summed E-state index contributed by atoms with van der Waals surface area (Å²) in [6.07, 6.45) is 2.39. The summed E-state index contributed by atoms with van der Waals surface area (Å²) in [5, 5.41) is 12.0. The van der Waals surface area contributed by atoms with Crippen LogP contribution < -0.4 is 15.4 Å². The number of rotatable bonds is 6. The van der Waals surface area contributed by atoms with Crippen LogP contribution in [0.5, 0.6) is 11.5 Å². The second-order valence-corrected chi connectivity index (χ2v) is 7.55. The normalized spacial score (nSPS) is 13.2. The highest BCUT2D eigenvalue weighted by Crippen LogP contribution is 2.25. The maximum atomic E-state index is 5.94. The van der Waals surface area contributed by atoms with Gasteiger partial charge >= 0.3 is 0 Å². The molecule has 1 heterocycles. The fraction of sp³-hybridized carbons (Fsp3) is 0.273. The second-order valence-electron chi connectivity index (χ2n) is 7.14. The lowest BCUT2D eigenvalue weighted by Gasteiger charge is -2.11. The van der Waals surface area contributed by atoms with E-state index >= 15 is 0 Å². The Morgan fingerprint density at radius 2 is 1.86 bits per heavy atom. The van der Waals surface area contributed by atoms with Crippen molar-refractivity contribution in [1.29, 1.82) is 0 Å². The van der Waals surface area contributed by atoms with Crippen molar-refractivity contribution in [2.75, 3.05) is 5.32 Å². The van der Waals surface area contributed by atoms with E-state index in [-0.39, 0.29) is 0 Å². The Morgan fingerprint density at radius 3 is 2.61 bits per heavy atom. The van der Waals surface area contributed by atoms with E-state index in [0.717, 1.165) is 34.1 Å². The summed E-state index contributed by atoms with van der Waals surface area (Å²) in [4.78, 5) is 0. The van der Waals surface area contributed by atoms with Gasteiger partial charge < -0.3 is 15.4 Å². The SMILES string of the molecule is Cc1nn(Cc2cccc(Oc3ccccc3)c2)c(C)c1NC(=S)NC1CC1. The number of para-hydroxylation sites is 1. The van der Waals surface area contributed by atoms with Crippen LogP contribution in [0.25, 0.3) is 0 Å². The van der Waals surface area contributed by atoms with E-state index in [1.807, 2.05) is 54.1 Å². The Morgan fingerprint density at radius 1 is 1.11 bits per heavy atom. The molecule has 1 saturated carbocycles. The molecule has 28 heavy (non-hydrogen) atoms. The highest BCUT2D eigenvalue weighted by atomic mass is 32.1. The van der Waals surface area contributed by atoms with Gasteiger partial charge in [-0.1, -0.05) is 30.3 Å². The molecule has 0 atom stereocenters. The molecular formula is C22H24N4OS. The molecule has 0 bridgehead atoms. The molecule has 4 rings (SSSR count).